The SMILES string of the molecule is Cc1cc(C)c2c(N)c(C(=O)NC3CCc4nc(N5CC(N)C(C)(CF)C5)ccc4C3)sc2n1. The van der Waals surface area contributed by atoms with Crippen LogP contribution in [0.15, 0.2) is 18.2 Å². The summed E-state index contributed by atoms with van der Waals surface area (Å²) in [6.07, 6.45) is 2.30. The molecule has 3 unspecified atom stereocenters. The third-order valence-electron chi connectivity index (χ3n) is 7.31. The van der Waals surface area contributed by atoms with Gasteiger partial charge < -0.3 is 21.7 Å². The topological polar surface area (TPSA) is 110 Å². The third-order valence-corrected chi connectivity index (χ3v) is 8.41. The Labute approximate surface area is 202 Å². The van der Waals surface area contributed by atoms with E-state index in [1.807, 2.05) is 32.9 Å². The van der Waals surface area contributed by atoms with Crippen molar-refractivity contribution >= 4 is 39.0 Å². The van der Waals surface area contributed by atoms with Crippen LogP contribution in [-0.2, 0) is 12.8 Å². The fourth-order valence-electron chi connectivity index (χ4n) is 5.18. The zero-order valence-electron chi connectivity index (χ0n) is 19.8. The van der Waals surface area contributed by atoms with E-state index in [1.165, 1.54) is 11.3 Å². The van der Waals surface area contributed by atoms with Gasteiger partial charge in [0.1, 0.15) is 15.5 Å². The van der Waals surface area contributed by atoms with Gasteiger partial charge in [0.05, 0.1) is 12.4 Å². The van der Waals surface area contributed by atoms with Crippen molar-refractivity contribution in [1.29, 1.82) is 0 Å². The number of carbonyl (C=O) groups excluding carboxylic acids is 1. The normalized spacial score (nSPS) is 24.4. The fourth-order valence-corrected chi connectivity index (χ4v) is 6.30. The molecule has 0 bridgehead atoms. The number of nitrogens with zero attached hydrogens (tertiary/aromatic N) is 3. The van der Waals surface area contributed by atoms with E-state index in [1.54, 1.807) is 0 Å². The lowest BCUT2D eigenvalue weighted by molar-refractivity contribution is 0.0938. The molecule has 1 aliphatic carbocycles. The van der Waals surface area contributed by atoms with E-state index in [-0.39, 0.29) is 18.0 Å². The maximum atomic E-state index is 13.5. The summed E-state index contributed by atoms with van der Waals surface area (Å²) in [5.41, 5.74) is 16.6. The number of pyridine rings is 2. The average molecular weight is 483 g/mol. The van der Waals surface area contributed by atoms with Crippen molar-refractivity contribution in [2.45, 2.75) is 52.1 Å². The minimum atomic E-state index is -0.534. The predicted molar refractivity (Wildman–Crippen MR) is 135 cm³/mol. The highest BCUT2D eigenvalue weighted by Gasteiger charge is 2.41. The molecule has 2 aliphatic rings. The number of fused-ring (bicyclic) bond motifs is 2. The van der Waals surface area contributed by atoms with Gasteiger partial charge in [-0.25, -0.2) is 9.97 Å². The number of halogens is 1. The molecule has 3 aromatic heterocycles. The Balaban J connectivity index is 1.29. The molecule has 5 rings (SSSR count). The summed E-state index contributed by atoms with van der Waals surface area (Å²) in [6.45, 7) is 6.57. The number of nitrogen functional groups attached to an aromatic ring is 1. The maximum absolute atomic E-state index is 13.5. The molecule has 0 radical (unpaired) electrons. The van der Waals surface area contributed by atoms with Gasteiger partial charge in [-0.05, 0) is 56.4 Å². The van der Waals surface area contributed by atoms with Gasteiger partial charge in [0.15, 0.2) is 0 Å². The molecular weight excluding hydrogens is 451 g/mol. The Morgan fingerprint density at radius 2 is 2.15 bits per heavy atom. The van der Waals surface area contributed by atoms with Gasteiger partial charge in [-0.3, -0.25) is 9.18 Å². The monoisotopic (exact) mass is 482 g/mol. The number of aryl methyl sites for hydroxylation is 3. The van der Waals surface area contributed by atoms with E-state index in [0.29, 0.717) is 23.7 Å². The fraction of sp³-hybridized carbons (Fsp3) is 0.480. The first-order chi connectivity index (χ1) is 16.2. The Kier molecular flexibility index (Phi) is 5.72. The summed E-state index contributed by atoms with van der Waals surface area (Å²) in [6, 6.07) is 5.86. The van der Waals surface area contributed by atoms with Crippen LogP contribution in [0.1, 0.15) is 45.5 Å². The maximum Gasteiger partial charge on any atom is 0.263 e. The van der Waals surface area contributed by atoms with Crippen LogP contribution in [0.25, 0.3) is 10.2 Å². The molecule has 9 heteroatoms. The van der Waals surface area contributed by atoms with Gasteiger partial charge in [0, 0.05) is 47.4 Å². The van der Waals surface area contributed by atoms with E-state index in [2.05, 4.69) is 21.3 Å². The second-order valence-corrected chi connectivity index (χ2v) is 11.1. The zero-order valence-corrected chi connectivity index (χ0v) is 20.6. The number of alkyl halides is 1. The van der Waals surface area contributed by atoms with Gasteiger partial charge in [0.25, 0.3) is 5.91 Å². The molecule has 180 valence electrons. The number of carbonyl (C=O) groups is 1. The van der Waals surface area contributed by atoms with Crippen molar-refractivity contribution in [3.63, 3.8) is 0 Å². The Hall–Kier alpha value is -2.78. The van der Waals surface area contributed by atoms with Crippen LogP contribution in [0.4, 0.5) is 15.9 Å². The molecule has 34 heavy (non-hydrogen) atoms. The predicted octanol–water partition coefficient (Wildman–Crippen LogP) is 3.30. The lowest BCUT2D eigenvalue weighted by Gasteiger charge is -2.27. The van der Waals surface area contributed by atoms with Crippen LogP contribution < -0.4 is 21.7 Å². The molecule has 1 aliphatic heterocycles. The summed E-state index contributed by atoms with van der Waals surface area (Å²) >= 11 is 1.35. The quantitative estimate of drug-likeness (QED) is 0.526. The highest BCUT2D eigenvalue weighted by molar-refractivity contribution is 7.21. The lowest BCUT2D eigenvalue weighted by atomic mass is 9.87. The first kappa shape index (κ1) is 23.0. The second kappa shape index (κ2) is 8.46. The second-order valence-electron chi connectivity index (χ2n) is 10.1. The Bertz CT molecular complexity index is 1280. The zero-order chi connectivity index (χ0) is 24.2. The summed E-state index contributed by atoms with van der Waals surface area (Å²) in [7, 11) is 0. The van der Waals surface area contributed by atoms with Crippen molar-refractivity contribution in [2.24, 2.45) is 11.1 Å². The van der Waals surface area contributed by atoms with Crippen molar-refractivity contribution in [1.82, 2.24) is 15.3 Å². The number of amides is 1. The van der Waals surface area contributed by atoms with Crippen molar-refractivity contribution in [2.75, 3.05) is 30.4 Å². The number of hydrogen-bond donors (Lipinski definition) is 3. The van der Waals surface area contributed by atoms with Crippen molar-refractivity contribution in [3.05, 3.63) is 45.6 Å². The van der Waals surface area contributed by atoms with Crippen LogP contribution in [0.5, 0.6) is 0 Å². The van der Waals surface area contributed by atoms with Gasteiger partial charge in [-0.15, -0.1) is 11.3 Å². The lowest BCUT2D eigenvalue weighted by Crippen LogP contribution is -2.39. The molecule has 5 N–H and O–H groups in total. The van der Waals surface area contributed by atoms with Crippen molar-refractivity contribution in [3.8, 4) is 0 Å². The van der Waals surface area contributed by atoms with E-state index < -0.39 is 12.1 Å². The number of anilines is 2. The average Bonchev–Trinajstić information content (AvgIpc) is 3.30. The van der Waals surface area contributed by atoms with Crippen molar-refractivity contribution < 1.29 is 9.18 Å². The molecule has 3 atom stereocenters. The minimum absolute atomic E-state index is 0.0168. The molecular formula is C25H31FN6OS. The van der Waals surface area contributed by atoms with Crippen LogP contribution in [0, 0.1) is 19.3 Å². The van der Waals surface area contributed by atoms with Gasteiger partial charge in [0.2, 0.25) is 0 Å². The molecule has 0 aromatic carbocycles. The number of thiophene rings is 1. The summed E-state index contributed by atoms with van der Waals surface area (Å²) in [4.78, 5) is 25.9. The first-order valence-electron chi connectivity index (χ1n) is 11.7. The number of nitrogens with one attached hydrogen (secondary N) is 1. The largest absolute Gasteiger partial charge is 0.397 e. The minimum Gasteiger partial charge on any atom is -0.397 e. The molecule has 7 nitrogen and oxygen atoms in total. The Morgan fingerprint density at radius 3 is 2.88 bits per heavy atom. The molecule has 4 heterocycles. The van der Waals surface area contributed by atoms with Gasteiger partial charge in [-0.2, -0.15) is 0 Å². The summed E-state index contributed by atoms with van der Waals surface area (Å²) in [5, 5.41) is 4.05. The molecule has 1 fully saturated rings. The van der Waals surface area contributed by atoms with Gasteiger partial charge >= 0.3 is 0 Å². The molecule has 1 saturated heterocycles. The van der Waals surface area contributed by atoms with Gasteiger partial charge in [-0.1, -0.05) is 13.0 Å². The molecule has 0 spiro atoms. The Morgan fingerprint density at radius 1 is 1.35 bits per heavy atom. The first-order valence-corrected chi connectivity index (χ1v) is 12.5. The smallest absolute Gasteiger partial charge is 0.263 e. The summed E-state index contributed by atoms with van der Waals surface area (Å²) in [5.74, 6) is 0.706. The van der Waals surface area contributed by atoms with Crippen LogP contribution in [0.3, 0.4) is 0 Å². The molecule has 3 aromatic rings. The van der Waals surface area contributed by atoms with E-state index in [4.69, 9.17) is 16.5 Å². The highest BCUT2D eigenvalue weighted by Crippen LogP contribution is 2.36. The highest BCUT2D eigenvalue weighted by atomic mass is 32.1. The number of hydrogen-bond acceptors (Lipinski definition) is 7. The third kappa shape index (κ3) is 3.90. The number of rotatable bonds is 4. The summed E-state index contributed by atoms with van der Waals surface area (Å²) < 4.78 is 13.5. The molecule has 1 amide bonds. The van der Waals surface area contributed by atoms with Crippen LogP contribution >= 0.6 is 11.3 Å². The van der Waals surface area contributed by atoms with E-state index >= 15 is 0 Å². The van der Waals surface area contributed by atoms with Crippen LogP contribution in [-0.4, -0.2) is 47.7 Å². The molecule has 0 saturated carbocycles. The van der Waals surface area contributed by atoms with E-state index in [0.717, 1.165) is 57.8 Å². The van der Waals surface area contributed by atoms with E-state index in [9.17, 15) is 9.18 Å². The van der Waals surface area contributed by atoms with Crippen LogP contribution in [0.2, 0.25) is 0 Å². The number of nitrogens with two attached hydrogens (primary N) is 2. The standard InChI is InChI=1S/C25H31FN6OS/c1-13-8-14(2)29-24-20(13)21(28)22(34-24)23(33)30-16-5-6-17-15(9-16)4-7-19(31-17)32-10-18(27)25(3,11-26)12-32/h4,7-8,16,18H,5-6,9-12,27-28H2,1-3H3,(H,30,33). The number of aromatic nitrogens is 2.